The molecule has 5 rings (SSSR count). The third kappa shape index (κ3) is 7.69. The Kier molecular flexibility index (Phi) is 8.88. The zero-order valence-corrected chi connectivity index (χ0v) is 23.2. The monoisotopic (exact) mass is 547 g/mol. The molecule has 2 aromatic heterocycles. The molecular formula is C32H33N7O2. The first-order valence-corrected chi connectivity index (χ1v) is 13.6. The van der Waals surface area contributed by atoms with Crippen LogP contribution < -0.4 is 10.6 Å². The van der Waals surface area contributed by atoms with Gasteiger partial charge in [-0.1, -0.05) is 30.3 Å². The molecule has 1 saturated heterocycles. The first kappa shape index (κ1) is 27.8. The van der Waals surface area contributed by atoms with Gasteiger partial charge in [-0.05, 0) is 67.1 Å². The molecule has 2 amide bonds. The standard InChI is InChI=1S/C32H33N7O2/c1-23-5-11-27(35-32(41)31-34-15-13-28(37-31)26-4-3-14-33-21-26)20-29(23)36-30(40)12-10-24-6-8-25(9-7-24)22-39-18-16-38(2)17-19-39/h3-15,20-21H,16-19,22H2,1-2H3,(H,35,41)(H,36,40)/b12-10+. The van der Waals surface area contributed by atoms with E-state index >= 15 is 0 Å². The molecule has 0 radical (unpaired) electrons. The van der Waals surface area contributed by atoms with Gasteiger partial charge >= 0.3 is 0 Å². The van der Waals surface area contributed by atoms with Gasteiger partial charge in [-0.15, -0.1) is 0 Å². The Morgan fingerprint density at radius 3 is 2.51 bits per heavy atom. The van der Waals surface area contributed by atoms with Crippen LogP contribution in [0.5, 0.6) is 0 Å². The Morgan fingerprint density at radius 2 is 1.76 bits per heavy atom. The average molecular weight is 548 g/mol. The molecule has 0 bridgehead atoms. The lowest BCUT2D eigenvalue weighted by molar-refractivity contribution is -0.111. The zero-order chi connectivity index (χ0) is 28.6. The molecule has 41 heavy (non-hydrogen) atoms. The molecular weight excluding hydrogens is 514 g/mol. The van der Waals surface area contributed by atoms with Gasteiger partial charge in [0.2, 0.25) is 11.7 Å². The molecule has 2 N–H and O–H groups in total. The van der Waals surface area contributed by atoms with E-state index in [9.17, 15) is 9.59 Å². The first-order valence-electron chi connectivity index (χ1n) is 13.6. The summed E-state index contributed by atoms with van der Waals surface area (Å²) in [6.07, 6.45) is 8.20. The number of rotatable bonds is 8. The van der Waals surface area contributed by atoms with Crippen LogP contribution in [0.1, 0.15) is 27.3 Å². The summed E-state index contributed by atoms with van der Waals surface area (Å²) in [7, 11) is 2.16. The molecule has 2 aromatic carbocycles. The van der Waals surface area contributed by atoms with Crippen LogP contribution in [0.15, 0.2) is 85.3 Å². The van der Waals surface area contributed by atoms with Crippen LogP contribution in [0.4, 0.5) is 11.4 Å². The summed E-state index contributed by atoms with van der Waals surface area (Å²) < 4.78 is 0. The number of likely N-dealkylation sites (N-methyl/N-ethyl adjacent to an activating group) is 1. The predicted octanol–water partition coefficient (Wildman–Crippen LogP) is 4.50. The minimum Gasteiger partial charge on any atom is -0.322 e. The van der Waals surface area contributed by atoms with E-state index in [1.807, 2.05) is 31.2 Å². The maximum Gasteiger partial charge on any atom is 0.293 e. The molecule has 0 atom stereocenters. The molecule has 208 valence electrons. The van der Waals surface area contributed by atoms with E-state index in [0.29, 0.717) is 17.1 Å². The van der Waals surface area contributed by atoms with Gasteiger partial charge in [0, 0.05) is 74.3 Å². The Balaban J connectivity index is 1.18. The van der Waals surface area contributed by atoms with Crippen molar-refractivity contribution >= 4 is 29.3 Å². The highest BCUT2D eigenvalue weighted by molar-refractivity contribution is 6.04. The van der Waals surface area contributed by atoms with E-state index in [2.05, 4.69) is 54.6 Å². The smallest absolute Gasteiger partial charge is 0.293 e. The lowest BCUT2D eigenvalue weighted by Crippen LogP contribution is -2.43. The number of nitrogens with one attached hydrogen (secondary N) is 2. The number of hydrogen-bond donors (Lipinski definition) is 2. The van der Waals surface area contributed by atoms with Crippen LogP contribution in [0.2, 0.25) is 0 Å². The van der Waals surface area contributed by atoms with Crippen molar-refractivity contribution in [1.29, 1.82) is 0 Å². The highest BCUT2D eigenvalue weighted by Crippen LogP contribution is 2.21. The second-order valence-corrected chi connectivity index (χ2v) is 10.1. The predicted molar refractivity (Wildman–Crippen MR) is 161 cm³/mol. The van der Waals surface area contributed by atoms with Gasteiger partial charge < -0.3 is 15.5 Å². The van der Waals surface area contributed by atoms with Crippen LogP contribution in [0, 0.1) is 6.92 Å². The zero-order valence-electron chi connectivity index (χ0n) is 23.2. The highest BCUT2D eigenvalue weighted by atomic mass is 16.2. The summed E-state index contributed by atoms with van der Waals surface area (Å²) in [5.41, 5.74) is 5.60. The maximum absolute atomic E-state index is 12.9. The molecule has 3 heterocycles. The van der Waals surface area contributed by atoms with E-state index in [1.54, 1.807) is 48.9 Å². The van der Waals surface area contributed by atoms with Gasteiger partial charge in [-0.3, -0.25) is 19.5 Å². The summed E-state index contributed by atoms with van der Waals surface area (Å²) in [4.78, 5) is 43.0. The van der Waals surface area contributed by atoms with Gasteiger partial charge in [0.25, 0.3) is 5.91 Å². The Morgan fingerprint density at radius 1 is 0.951 bits per heavy atom. The number of aryl methyl sites for hydroxylation is 1. The molecule has 4 aromatic rings. The quantitative estimate of drug-likeness (QED) is 0.313. The second-order valence-electron chi connectivity index (χ2n) is 10.1. The Labute approximate surface area is 240 Å². The van der Waals surface area contributed by atoms with E-state index < -0.39 is 5.91 Å². The topological polar surface area (TPSA) is 103 Å². The molecule has 0 aliphatic carbocycles. The average Bonchev–Trinajstić information content (AvgIpc) is 3.00. The SMILES string of the molecule is Cc1ccc(NC(=O)c2nccc(-c3cccnc3)n2)cc1NC(=O)/C=C/c1ccc(CN2CCN(C)CC2)cc1. The van der Waals surface area contributed by atoms with Crippen LogP contribution >= 0.6 is 0 Å². The minimum atomic E-state index is -0.451. The van der Waals surface area contributed by atoms with Crippen molar-refractivity contribution in [3.8, 4) is 11.3 Å². The Hall–Kier alpha value is -4.73. The van der Waals surface area contributed by atoms with Crippen LogP contribution in [0.25, 0.3) is 17.3 Å². The molecule has 9 heteroatoms. The number of anilines is 2. The molecule has 0 spiro atoms. The summed E-state index contributed by atoms with van der Waals surface area (Å²) in [6, 6.07) is 19.0. The van der Waals surface area contributed by atoms with Crippen LogP contribution in [-0.2, 0) is 11.3 Å². The van der Waals surface area contributed by atoms with E-state index in [4.69, 9.17) is 0 Å². The summed E-state index contributed by atoms with van der Waals surface area (Å²) in [6.45, 7) is 7.18. The fourth-order valence-electron chi connectivity index (χ4n) is 4.51. The molecule has 1 aliphatic rings. The number of amides is 2. The van der Waals surface area contributed by atoms with Gasteiger partial charge in [-0.25, -0.2) is 9.97 Å². The summed E-state index contributed by atoms with van der Waals surface area (Å²) in [5.74, 6) is -0.673. The third-order valence-corrected chi connectivity index (χ3v) is 6.98. The van der Waals surface area contributed by atoms with Crippen molar-refractivity contribution in [2.45, 2.75) is 13.5 Å². The number of piperazine rings is 1. The van der Waals surface area contributed by atoms with E-state index in [1.165, 1.54) is 11.6 Å². The second kappa shape index (κ2) is 13.1. The van der Waals surface area contributed by atoms with Crippen molar-refractivity contribution in [3.63, 3.8) is 0 Å². The minimum absolute atomic E-state index is 0.0370. The van der Waals surface area contributed by atoms with Crippen molar-refractivity contribution in [2.75, 3.05) is 43.9 Å². The van der Waals surface area contributed by atoms with Gasteiger partial charge in [0.1, 0.15) is 0 Å². The van der Waals surface area contributed by atoms with Crippen molar-refractivity contribution in [1.82, 2.24) is 24.8 Å². The molecule has 0 unspecified atom stereocenters. The molecule has 0 saturated carbocycles. The third-order valence-electron chi connectivity index (χ3n) is 6.98. The normalized spacial score (nSPS) is 14.2. The van der Waals surface area contributed by atoms with Gasteiger partial charge in [-0.2, -0.15) is 0 Å². The summed E-state index contributed by atoms with van der Waals surface area (Å²) >= 11 is 0. The van der Waals surface area contributed by atoms with E-state index in [0.717, 1.165) is 49.4 Å². The van der Waals surface area contributed by atoms with Gasteiger partial charge in [0.15, 0.2) is 0 Å². The van der Waals surface area contributed by atoms with Gasteiger partial charge in [0.05, 0.1) is 5.69 Å². The number of benzene rings is 2. The maximum atomic E-state index is 12.9. The summed E-state index contributed by atoms with van der Waals surface area (Å²) in [5, 5.41) is 5.73. The molecule has 1 aliphatic heterocycles. The number of carbonyl (C=O) groups excluding carboxylic acids is 2. The van der Waals surface area contributed by atoms with Crippen LogP contribution in [-0.4, -0.2) is 69.8 Å². The molecule has 9 nitrogen and oxygen atoms in total. The first-order chi connectivity index (χ1) is 19.9. The van der Waals surface area contributed by atoms with Crippen molar-refractivity contribution in [3.05, 3.63) is 108 Å². The van der Waals surface area contributed by atoms with Crippen molar-refractivity contribution in [2.24, 2.45) is 0 Å². The fourth-order valence-corrected chi connectivity index (χ4v) is 4.51. The lowest BCUT2D eigenvalue weighted by Gasteiger charge is -2.32. The number of aromatic nitrogens is 3. The van der Waals surface area contributed by atoms with Crippen LogP contribution in [0.3, 0.4) is 0 Å². The number of carbonyl (C=O) groups is 2. The lowest BCUT2D eigenvalue weighted by atomic mass is 10.1. The highest BCUT2D eigenvalue weighted by Gasteiger charge is 2.14. The van der Waals surface area contributed by atoms with Crippen molar-refractivity contribution < 1.29 is 9.59 Å². The molecule has 1 fully saturated rings. The largest absolute Gasteiger partial charge is 0.322 e. The Bertz CT molecular complexity index is 1530. The number of pyridine rings is 1. The number of nitrogens with zero attached hydrogens (tertiary/aromatic N) is 5. The number of hydrogen-bond acceptors (Lipinski definition) is 7. The fraction of sp³-hybridized carbons (Fsp3) is 0.219. The van der Waals surface area contributed by atoms with E-state index in [-0.39, 0.29) is 11.7 Å².